The van der Waals surface area contributed by atoms with E-state index in [2.05, 4.69) is 55.2 Å². The minimum atomic E-state index is 0.541. The summed E-state index contributed by atoms with van der Waals surface area (Å²) in [5, 5.41) is 5.71. The molecule has 0 bridgehead atoms. The van der Waals surface area contributed by atoms with Gasteiger partial charge in [-0.2, -0.15) is 0 Å². The van der Waals surface area contributed by atoms with Crippen LogP contribution in [0.3, 0.4) is 0 Å². The van der Waals surface area contributed by atoms with Gasteiger partial charge >= 0.3 is 0 Å². The molecule has 2 aromatic rings. The molecule has 0 fully saturated rings. The quantitative estimate of drug-likeness (QED) is 0.839. The van der Waals surface area contributed by atoms with Gasteiger partial charge in [0.25, 0.3) is 0 Å². The zero-order valence-electron chi connectivity index (χ0n) is 12.4. The van der Waals surface area contributed by atoms with Crippen molar-refractivity contribution in [3.8, 4) is 0 Å². The number of nitrogens with zero attached hydrogens (tertiary/aromatic N) is 2. The molecule has 0 aliphatic carbocycles. The molecular weight excluding hydrogens is 254 g/mol. The molecule has 0 spiro atoms. The van der Waals surface area contributed by atoms with Crippen molar-refractivity contribution in [1.82, 2.24) is 14.7 Å². The summed E-state index contributed by atoms with van der Waals surface area (Å²) in [6, 6.07) is 0.541. The zero-order chi connectivity index (χ0) is 13.8. The number of fused-ring (bicyclic) bond motifs is 1. The second-order valence-corrected chi connectivity index (χ2v) is 6.55. The minimum Gasteiger partial charge on any atom is -0.314 e. The number of hydrogen-bond donors (Lipinski definition) is 1. The Morgan fingerprint density at radius 2 is 2.16 bits per heavy atom. The van der Waals surface area contributed by atoms with E-state index >= 15 is 0 Å². The van der Waals surface area contributed by atoms with Crippen LogP contribution in [-0.4, -0.2) is 22.0 Å². The first-order chi connectivity index (χ1) is 9.11. The summed E-state index contributed by atoms with van der Waals surface area (Å²) in [6.45, 7) is 10.2. The van der Waals surface area contributed by atoms with E-state index < -0.39 is 0 Å². The summed E-state index contributed by atoms with van der Waals surface area (Å²) in [5.74, 6) is 1.30. The standard InChI is InChI=1S/C15H25N3S/c1-5-6-16-12(4)14(11(2)3)9-13-10-18-7-8-19-15(18)17-13/h7-8,10-12,14,16H,5-6,9H2,1-4H3. The second-order valence-electron chi connectivity index (χ2n) is 5.68. The van der Waals surface area contributed by atoms with Gasteiger partial charge in [0.05, 0.1) is 5.69 Å². The van der Waals surface area contributed by atoms with Crippen molar-refractivity contribution in [2.75, 3.05) is 6.54 Å². The lowest BCUT2D eigenvalue weighted by Crippen LogP contribution is -2.37. The van der Waals surface area contributed by atoms with Crippen LogP contribution >= 0.6 is 11.3 Å². The molecule has 19 heavy (non-hydrogen) atoms. The molecular formula is C15H25N3S. The molecule has 3 nitrogen and oxygen atoms in total. The summed E-state index contributed by atoms with van der Waals surface area (Å²) < 4.78 is 2.13. The van der Waals surface area contributed by atoms with Gasteiger partial charge in [-0.3, -0.25) is 4.40 Å². The lowest BCUT2D eigenvalue weighted by molar-refractivity contribution is 0.287. The van der Waals surface area contributed by atoms with Crippen molar-refractivity contribution < 1.29 is 0 Å². The fraction of sp³-hybridized carbons (Fsp3) is 0.667. The van der Waals surface area contributed by atoms with E-state index in [0.29, 0.717) is 17.9 Å². The van der Waals surface area contributed by atoms with Crippen molar-refractivity contribution in [2.24, 2.45) is 11.8 Å². The van der Waals surface area contributed by atoms with Crippen LogP contribution in [0.5, 0.6) is 0 Å². The van der Waals surface area contributed by atoms with E-state index in [9.17, 15) is 0 Å². The predicted molar refractivity (Wildman–Crippen MR) is 82.9 cm³/mol. The van der Waals surface area contributed by atoms with E-state index in [1.807, 2.05) is 0 Å². The number of nitrogens with one attached hydrogen (secondary N) is 1. The molecule has 2 unspecified atom stereocenters. The fourth-order valence-electron chi connectivity index (χ4n) is 2.63. The van der Waals surface area contributed by atoms with Crippen molar-refractivity contribution in [1.29, 1.82) is 0 Å². The number of hydrogen-bond acceptors (Lipinski definition) is 3. The molecule has 2 atom stereocenters. The Kier molecular flexibility index (Phi) is 4.99. The first-order valence-corrected chi connectivity index (χ1v) is 8.14. The number of rotatable bonds is 7. The van der Waals surface area contributed by atoms with Gasteiger partial charge in [0.15, 0.2) is 4.96 Å². The summed E-state index contributed by atoms with van der Waals surface area (Å²) in [7, 11) is 0. The highest BCUT2D eigenvalue weighted by Crippen LogP contribution is 2.22. The maximum absolute atomic E-state index is 4.71. The van der Waals surface area contributed by atoms with E-state index in [1.165, 1.54) is 12.1 Å². The smallest absolute Gasteiger partial charge is 0.193 e. The average Bonchev–Trinajstić information content (AvgIpc) is 2.93. The van der Waals surface area contributed by atoms with E-state index in [1.54, 1.807) is 11.3 Å². The van der Waals surface area contributed by atoms with Crippen LogP contribution in [0.2, 0.25) is 0 Å². The summed E-state index contributed by atoms with van der Waals surface area (Å²) in [4.78, 5) is 5.81. The van der Waals surface area contributed by atoms with E-state index in [0.717, 1.165) is 17.9 Å². The summed E-state index contributed by atoms with van der Waals surface area (Å²) in [6.07, 6.45) is 6.51. The Hall–Kier alpha value is -0.870. The van der Waals surface area contributed by atoms with Crippen LogP contribution in [-0.2, 0) is 6.42 Å². The molecule has 4 heteroatoms. The van der Waals surface area contributed by atoms with Crippen LogP contribution < -0.4 is 5.32 Å². The molecule has 1 N–H and O–H groups in total. The first kappa shape index (κ1) is 14.5. The highest BCUT2D eigenvalue weighted by molar-refractivity contribution is 7.15. The van der Waals surface area contributed by atoms with Crippen molar-refractivity contribution in [3.63, 3.8) is 0 Å². The average molecular weight is 279 g/mol. The minimum absolute atomic E-state index is 0.541. The van der Waals surface area contributed by atoms with Crippen molar-refractivity contribution in [2.45, 2.75) is 46.6 Å². The lowest BCUT2D eigenvalue weighted by atomic mass is 9.85. The van der Waals surface area contributed by atoms with Crippen molar-refractivity contribution >= 4 is 16.3 Å². The molecule has 0 radical (unpaired) electrons. The highest BCUT2D eigenvalue weighted by Gasteiger charge is 2.22. The largest absolute Gasteiger partial charge is 0.314 e. The molecule has 0 aliphatic heterocycles. The van der Waals surface area contributed by atoms with Crippen LogP contribution in [0.15, 0.2) is 17.8 Å². The molecule has 2 heterocycles. The third kappa shape index (κ3) is 3.57. The van der Waals surface area contributed by atoms with Crippen LogP contribution in [0.25, 0.3) is 4.96 Å². The summed E-state index contributed by atoms with van der Waals surface area (Å²) >= 11 is 1.70. The summed E-state index contributed by atoms with van der Waals surface area (Å²) in [5.41, 5.74) is 1.22. The molecule has 0 aliphatic rings. The van der Waals surface area contributed by atoms with Gasteiger partial charge in [0.2, 0.25) is 0 Å². The van der Waals surface area contributed by atoms with Gasteiger partial charge in [0.1, 0.15) is 0 Å². The monoisotopic (exact) mass is 279 g/mol. The van der Waals surface area contributed by atoms with Gasteiger partial charge in [-0.05, 0) is 38.1 Å². The topological polar surface area (TPSA) is 29.3 Å². The molecule has 2 rings (SSSR count). The number of thiazole rings is 1. The van der Waals surface area contributed by atoms with E-state index in [-0.39, 0.29) is 0 Å². The fourth-order valence-corrected chi connectivity index (χ4v) is 3.35. The third-order valence-electron chi connectivity index (χ3n) is 3.80. The van der Waals surface area contributed by atoms with Gasteiger partial charge in [-0.25, -0.2) is 4.98 Å². The van der Waals surface area contributed by atoms with Gasteiger partial charge in [-0.15, -0.1) is 11.3 Å². The molecule has 106 valence electrons. The van der Waals surface area contributed by atoms with Crippen LogP contribution in [0.1, 0.15) is 39.8 Å². The van der Waals surface area contributed by atoms with Crippen molar-refractivity contribution in [3.05, 3.63) is 23.5 Å². The first-order valence-electron chi connectivity index (χ1n) is 7.26. The maximum Gasteiger partial charge on any atom is 0.193 e. The van der Waals surface area contributed by atoms with E-state index in [4.69, 9.17) is 4.98 Å². The lowest BCUT2D eigenvalue weighted by Gasteiger charge is -2.27. The second kappa shape index (κ2) is 6.53. The molecule has 0 saturated heterocycles. The highest BCUT2D eigenvalue weighted by atomic mass is 32.1. The number of imidazole rings is 1. The van der Waals surface area contributed by atoms with Gasteiger partial charge in [-0.1, -0.05) is 20.8 Å². The SMILES string of the molecule is CCCNC(C)C(Cc1cn2ccsc2n1)C(C)C. The molecule has 0 aromatic carbocycles. The maximum atomic E-state index is 4.71. The third-order valence-corrected chi connectivity index (χ3v) is 4.57. The Balaban J connectivity index is 2.05. The molecule has 0 saturated carbocycles. The Morgan fingerprint density at radius 1 is 1.37 bits per heavy atom. The Bertz CT molecular complexity index is 472. The van der Waals surface area contributed by atoms with Gasteiger partial charge < -0.3 is 5.32 Å². The zero-order valence-corrected chi connectivity index (χ0v) is 13.2. The van der Waals surface area contributed by atoms with Crippen LogP contribution in [0.4, 0.5) is 0 Å². The Morgan fingerprint density at radius 3 is 2.79 bits per heavy atom. The van der Waals surface area contributed by atoms with Crippen LogP contribution in [0, 0.1) is 11.8 Å². The number of aromatic nitrogens is 2. The molecule has 0 amide bonds. The normalized spacial score (nSPS) is 15.2. The predicted octanol–water partition coefficient (Wildman–Crippen LogP) is 3.60. The van der Waals surface area contributed by atoms with Gasteiger partial charge in [0, 0.05) is 23.8 Å². The Labute approximate surface area is 120 Å². The molecule has 2 aromatic heterocycles.